The molecule has 0 fully saturated rings. The summed E-state index contributed by atoms with van der Waals surface area (Å²) in [5.41, 5.74) is 1.08. The summed E-state index contributed by atoms with van der Waals surface area (Å²) in [5, 5.41) is 0. The van der Waals surface area contributed by atoms with Crippen LogP contribution in [0.2, 0.25) is 0 Å². The third kappa shape index (κ3) is 6.64. The van der Waals surface area contributed by atoms with Crippen molar-refractivity contribution in [1.29, 1.82) is 0 Å². The second kappa shape index (κ2) is 10.5. The van der Waals surface area contributed by atoms with Crippen LogP contribution in [0.1, 0.15) is 12.8 Å². The van der Waals surface area contributed by atoms with Gasteiger partial charge in [0.15, 0.2) is 0 Å². The molecule has 0 aliphatic heterocycles. The molecule has 0 heterocycles. The summed E-state index contributed by atoms with van der Waals surface area (Å²) in [7, 11) is 0. The SMILES string of the molecule is Cl.Cl.Cl.O=C(CC1=[C]([Ti])CC=C1)Oc1ccccc1. The Labute approximate surface area is 143 Å². The number of allylic oxidation sites excluding steroid dienone is 3. The molecule has 2 rings (SSSR count). The van der Waals surface area contributed by atoms with Crippen LogP contribution in [-0.4, -0.2) is 5.97 Å². The van der Waals surface area contributed by atoms with Crippen molar-refractivity contribution in [2.24, 2.45) is 0 Å². The molecular formula is C13H14Cl3O2Ti. The molecule has 0 radical (unpaired) electrons. The van der Waals surface area contributed by atoms with E-state index in [-0.39, 0.29) is 43.2 Å². The average Bonchev–Trinajstić information content (AvgIpc) is 2.66. The van der Waals surface area contributed by atoms with Crippen LogP contribution in [-0.2, 0) is 25.2 Å². The van der Waals surface area contributed by atoms with Gasteiger partial charge in [0, 0.05) is 0 Å². The van der Waals surface area contributed by atoms with Crippen LogP contribution in [0.3, 0.4) is 0 Å². The van der Waals surface area contributed by atoms with Crippen LogP contribution in [0.25, 0.3) is 0 Å². The standard InChI is InChI=1S/C13H11O2.3ClH.Ti/c14-13(10-11-6-4-5-7-11)15-12-8-2-1-3-9-12;;;;/h1-4,6,8-9H,5,10H2;3*1H;. The van der Waals surface area contributed by atoms with Gasteiger partial charge in [-0.25, -0.2) is 0 Å². The number of hydrogen-bond donors (Lipinski definition) is 0. The van der Waals surface area contributed by atoms with E-state index in [0.717, 1.165) is 12.0 Å². The van der Waals surface area contributed by atoms with E-state index in [0.29, 0.717) is 12.2 Å². The van der Waals surface area contributed by atoms with Crippen molar-refractivity contribution >= 4 is 43.2 Å². The Morgan fingerprint density at radius 3 is 2.32 bits per heavy atom. The molecule has 0 N–H and O–H groups in total. The molecule has 0 saturated heterocycles. The number of carbonyl (C=O) groups is 1. The van der Waals surface area contributed by atoms with Crippen LogP contribution in [0, 0.1) is 0 Å². The van der Waals surface area contributed by atoms with Crippen molar-refractivity contribution in [3.05, 3.63) is 51.9 Å². The number of para-hydroxylation sites is 1. The molecule has 1 aromatic carbocycles. The van der Waals surface area contributed by atoms with Crippen LogP contribution in [0.5, 0.6) is 5.75 Å². The molecule has 0 atom stereocenters. The predicted molar refractivity (Wildman–Crippen MR) is 79.2 cm³/mol. The summed E-state index contributed by atoms with van der Waals surface area (Å²) in [6.45, 7) is 0. The predicted octanol–water partition coefficient (Wildman–Crippen LogP) is 4.01. The molecule has 0 unspecified atom stereocenters. The van der Waals surface area contributed by atoms with Gasteiger partial charge in [0.2, 0.25) is 0 Å². The fourth-order valence-corrected chi connectivity index (χ4v) is 1.98. The molecule has 0 saturated carbocycles. The number of halogens is 3. The Morgan fingerprint density at radius 2 is 1.79 bits per heavy atom. The molecular weight excluding hydrogens is 342 g/mol. The molecule has 19 heavy (non-hydrogen) atoms. The van der Waals surface area contributed by atoms with Crippen molar-refractivity contribution in [2.75, 3.05) is 0 Å². The quantitative estimate of drug-likeness (QED) is 0.465. The Morgan fingerprint density at radius 1 is 1.16 bits per heavy atom. The Hall–Kier alpha value is -0.246. The number of hydrogen-bond acceptors (Lipinski definition) is 2. The topological polar surface area (TPSA) is 26.3 Å². The number of esters is 1. The number of benzene rings is 1. The zero-order valence-corrected chi connectivity index (χ0v) is 14.0. The van der Waals surface area contributed by atoms with Gasteiger partial charge in [0.25, 0.3) is 0 Å². The van der Waals surface area contributed by atoms with Crippen LogP contribution in [0.15, 0.2) is 51.9 Å². The summed E-state index contributed by atoms with van der Waals surface area (Å²) in [6, 6.07) is 9.15. The van der Waals surface area contributed by atoms with E-state index >= 15 is 0 Å². The third-order valence-corrected chi connectivity index (χ3v) is 3.16. The first-order valence-electron chi connectivity index (χ1n) is 5.11. The van der Waals surface area contributed by atoms with E-state index < -0.39 is 0 Å². The third-order valence-electron chi connectivity index (χ3n) is 2.34. The second-order valence-corrected chi connectivity index (χ2v) is 4.52. The number of rotatable bonds is 3. The Kier molecular flexibility index (Phi) is 11.7. The van der Waals surface area contributed by atoms with Gasteiger partial charge in [-0.2, -0.15) is 0 Å². The molecule has 0 amide bonds. The molecule has 1 aromatic rings. The van der Waals surface area contributed by atoms with E-state index in [4.69, 9.17) is 4.74 Å². The first-order valence-corrected chi connectivity index (χ1v) is 5.89. The van der Waals surface area contributed by atoms with E-state index in [2.05, 4.69) is 6.08 Å². The van der Waals surface area contributed by atoms with Gasteiger partial charge in [-0.3, -0.25) is 0 Å². The van der Waals surface area contributed by atoms with Gasteiger partial charge >= 0.3 is 106 Å². The monoisotopic (exact) mass is 355 g/mol. The van der Waals surface area contributed by atoms with Crippen molar-refractivity contribution in [3.63, 3.8) is 0 Å². The summed E-state index contributed by atoms with van der Waals surface area (Å²) in [6.07, 6.45) is 5.38. The van der Waals surface area contributed by atoms with E-state index in [1.807, 2.05) is 44.7 Å². The normalized spacial score (nSPS) is 11.9. The molecule has 0 bridgehead atoms. The minimum atomic E-state index is -0.202. The fourth-order valence-electron chi connectivity index (χ4n) is 1.53. The van der Waals surface area contributed by atoms with Gasteiger partial charge < -0.3 is 0 Å². The summed E-state index contributed by atoms with van der Waals surface area (Å²) >= 11 is 2.05. The zero-order chi connectivity index (χ0) is 11.4. The molecule has 103 valence electrons. The number of carbonyl (C=O) groups excluding carboxylic acids is 1. The molecule has 1 aliphatic carbocycles. The van der Waals surface area contributed by atoms with Gasteiger partial charge in [0.1, 0.15) is 0 Å². The molecule has 0 aromatic heterocycles. The van der Waals surface area contributed by atoms with Gasteiger partial charge in [-0.05, 0) is 0 Å². The second-order valence-electron chi connectivity index (χ2n) is 3.57. The van der Waals surface area contributed by atoms with Crippen molar-refractivity contribution < 1.29 is 30.0 Å². The fraction of sp³-hybridized carbons (Fsp3) is 0.154. The number of ether oxygens (including phenoxy) is 1. The van der Waals surface area contributed by atoms with Crippen LogP contribution in [0.4, 0.5) is 0 Å². The van der Waals surface area contributed by atoms with Gasteiger partial charge in [-0.1, -0.05) is 0 Å². The first-order chi connectivity index (χ1) is 7.75. The summed E-state index contributed by atoms with van der Waals surface area (Å²) in [4.78, 5) is 11.6. The van der Waals surface area contributed by atoms with Crippen molar-refractivity contribution in [1.82, 2.24) is 0 Å². The van der Waals surface area contributed by atoms with Crippen LogP contribution >= 0.6 is 37.2 Å². The van der Waals surface area contributed by atoms with Gasteiger partial charge in [-0.15, -0.1) is 37.2 Å². The first kappa shape index (κ1) is 21.1. The minimum absolute atomic E-state index is 0. The molecule has 6 heteroatoms. The van der Waals surface area contributed by atoms with E-state index in [1.54, 1.807) is 12.1 Å². The molecule has 1 aliphatic rings. The Balaban J connectivity index is 0. The van der Waals surface area contributed by atoms with E-state index in [1.165, 1.54) is 3.88 Å². The Bertz CT molecular complexity index is 458. The maximum atomic E-state index is 11.6. The maximum absolute atomic E-state index is 11.6. The summed E-state index contributed by atoms with van der Waals surface area (Å²) < 4.78 is 6.47. The van der Waals surface area contributed by atoms with E-state index in [9.17, 15) is 4.79 Å². The van der Waals surface area contributed by atoms with Crippen LogP contribution < -0.4 is 4.74 Å². The van der Waals surface area contributed by atoms with Crippen molar-refractivity contribution in [2.45, 2.75) is 12.8 Å². The van der Waals surface area contributed by atoms with Gasteiger partial charge in [0.05, 0.1) is 0 Å². The van der Waals surface area contributed by atoms with Crippen molar-refractivity contribution in [3.8, 4) is 5.75 Å². The molecule has 2 nitrogen and oxygen atoms in total. The zero-order valence-electron chi connectivity index (χ0n) is 10.00. The molecule has 0 spiro atoms. The average molecular weight is 356 g/mol. The summed E-state index contributed by atoms with van der Waals surface area (Å²) in [5.74, 6) is 0.403.